The maximum absolute atomic E-state index is 11.8. The van der Waals surface area contributed by atoms with Crippen molar-refractivity contribution in [2.24, 2.45) is 0 Å². The summed E-state index contributed by atoms with van der Waals surface area (Å²) in [6.45, 7) is 3.74. The van der Waals surface area contributed by atoms with E-state index < -0.39 is 0 Å². The highest BCUT2D eigenvalue weighted by atomic mass is 16.1. The summed E-state index contributed by atoms with van der Waals surface area (Å²) < 4.78 is 0.758. The minimum Gasteiger partial charge on any atom is -0.322 e. The second-order valence-corrected chi connectivity index (χ2v) is 5.03. The van der Waals surface area contributed by atoms with E-state index in [4.69, 9.17) is 0 Å². The summed E-state index contributed by atoms with van der Waals surface area (Å²) in [5.41, 5.74) is 1.07. The Labute approximate surface area is 104 Å². The van der Waals surface area contributed by atoms with Gasteiger partial charge in [0.2, 0.25) is 5.78 Å². The lowest BCUT2D eigenvalue weighted by Crippen LogP contribution is -2.43. The summed E-state index contributed by atoms with van der Waals surface area (Å²) in [5, 5.41) is 0. The van der Waals surface area contributed by atoms with Gasteiger partial charge >= 0.3 is 0 Å². The molecule has 0 unspecified atom stereocenters. The lowest BCUT2D eigenvalue weighted by molar-refractivity contribution is -0.882. The SMILES string of the molecule is CCC[N+](C)(C)CC(=O)C=Cc1ccccc1. The average molecular weight is 232 g/mol. The summed E-state index contributed by atoms with van der Waals surface area (Å²) in [6, 6.07) is 9.91. The van der Waals surface area contributed by atoms with Crippen LogP contribution in [0.2, 0.25) is 0 Å². The predicted molar refractivity (Wildman–Crippen MR) is 72.6 cm³/mol. The van der Waals surface area contributed by atoms with Crippen LogP contribution in [0, 0.1) is 0 Å². The number of hydrogen-bond acceptors (Lipinski definition) is 1. The first-order chi connectivity index (χ1) is 8.03. The molecule has 17 heavy (non-hydrogen) atoms. The van der Waals surface area contributed by atoms with Gasteiger partial charge in [0.15, 0.2) is 0 Å². The Bertz CT molecular complexity index is 379. The monoisotopic (exact) mass is 232 g/mol. The summed E-state index contributed by atoms with van der Waals surface area (Å²) in [4.78, 5) is 11.8. The van der Waals surface area contributed by atoms with Gasteiger partial charge in [-0.3, -0.25) is 4.79 Å². The third-order valence-corrected chi connectivity index (χ3v) is 2.67. The maximum Gasteiger partial charge on any atom is 0.209 e. The Hall–Kier alpha value is -1.41. The summed E-state index contributed by atoms with van der Waals surface area (Å²) in [5.74, 6) is 0.187. The third-order valence-electron chi connectivity index (χ3n) is 2.67. The van der Waals surface area contributed by atoms with E-state index >= 15 is 0 Å². The minimum absolute atomic E-state index is 0.187. The highest BCUT2D eigenvalue weighted by Crippen LogP contribution is 2.03. The van der Waals surface area contributed by atoms with E-state index in [-0.39, 0.29) is 5.78 Å². The maximum atomic E-state index is 11.8. The number of carbonyl (C=O) groups is 1. The number of likely N-dealkylation sites (N-methyl/N-ethyl adjacent to an activating group) is 1. The first-order valence-corrected chi connectivity index (χ1v) is 6.11. The van der Waals surface area contributed by atoms with E-state index in [0.717, 1.165) is 23.0 Å². The molecule has 0 N–H and O–H groups in total. The van der Waals surface area contributed by atoms with E-state index in [9.17, 15) is 4.79 Å². The van der Waals surface area contributed by atoms with Gasteiger partial charge in [-0.1, -0.05) is 43.3 Å². The second-order valence-electron chi connectivity index (χ2n) is 5.03. The van der Waals surface area contributed by atoms with Crippen molar-refractivity contribution in [1.29, 1.82) is 0 Å². The lowest BCUT2D eigenvalue weighted by atomic mass is 10.2. The Morgan fingerprint density at radius 2 is 1.88 bits per heavy atom. The van der Waals surface area contributed by atoms with Gasteiger partial charge in [0.05, 0.1) is 20.6 Å². The molecule has 0 aliphatic heterocycles. The molecule has 0 amide bonds. The van der Waals surface area contributed by atoms with Gasteiger partial charge < -0.3 is 4.48 Å². The summed E-state index contributed by atoms with van der Waals surface area (Å²) >= 11 is 0. The number of quaternary nitrogens is 1. The van der Waals surface area contributed by atoms with Crippen LogP contribution >= 0.6 is 0 Å². The van der Waals surface area contributed by atoms with E-state index in [0.29, 0.717) is 6.54 Å². The van der Waals surface area contributed by atoms with Crippen molar-refractivity contribution < 1.29 is 9.28 Å². The first kappa shape index (κ1) is 13.7. The van der Waals surface area contributed by atoms with Crippen molar-refractivity contribution >= 4 is 11.9 Å². The normalized spacial score (nSPS) is 11.9. The topological polar surface area (TPSA) is 17.1 Å². The van der Waals surface area contributed by atoms with Gasteiger partial charge in [-0.2, -0.15) is 0 Å². The Morgan fingerprint density at radius 1 is 1.24 bits per heavy atom. The molecule has 1 aromatic carbocycles. The molecule has 0 atom stereocenters. The molecule has 1 aromatic rings. The zero-order valence-corrected chi connectivity index (χ0v) is 11.0. The molecule has 0 spiro atoms. The quantitative estimate of drug-likeness (QED) is 0.544. The Balaban J connectivity index is 2.53. The van der Waals surface area contributed by atoms with Crippen LogP contribution in [0.1, 0.15) is 18.9 Å². The number of carbonyl (C=O) groups excluding carboxylic acids is 1. The van der Waals surface area contributed by atoms with Gasteiger partial charge in [0, 0.05) is 0 Å². The van der Waals surface area contributed by atoms with Crippen LogP contribution in [-0.4, -0.2) is 37.5 Å². The lowest BCUT2D eigenvalue weighted by Gasteiger charge is -2.27. The van der Waals surface area contributed by atoms with Gasteiger partial charge in [0.1, 0.15) is 6.54 Å². The molecule has 0 radical (unpaired) electrons. The van der Waals surface area contributed by atoms with Crippen LogP contribution < -0.4 is 0 Å². The van der Waals surface area contributed by atoms with Gasteiger partial charge in [-0.05, 0) is 18.1 Å². The molecule has 0 bridgehead atoms. The fraction of sp³-hybridized carbons (Fsp3) is 0.400. The minimum atomic E-state index is 0.187. The van der Waals surface area contributed by atoms with Crippen LogP contribution in [0.5, 0.6) is 0 Å². The largest absolute Gasteiger partial charge is 0.322 e. The van der Waals surface area contributed by atoms with E-state index in [1.807, 2.05) is 36.4 Å². The van der Waals surface area contributed by atoms with E-state index in [1.54, 1.807) is 6.08 Å². The molecule has 92 valence electrons. The van der Waals surface area contributed by atoms with Crippen LogP contribution in [0.25, 0.3) is 6.08 Å². The summed E-state index contributed by atoms with van der Waals surface area (Å²) in [7, 11) is 4.19. The van der Waals surface area contributed by atoms with Crippen molar-refractivity contribution in [2.75, 3.05) is 27.2 Å². The molecule has 2 heteroatoms. The van der Waals surface area contributed by atoms with Gasteiger partial charge in [0.25, 0.3) is 0 Å². The predicted octanol–water partition coefficient (Wildman–Crippen LogP) is 2.76. The molecule has 0 aliphatic carbocycles. The fourth-order valence-electron chi connectivity index (χ4n) is 1.91. The number of rotatable bonds is 6. The van der Waals surface area contributed by atoms with E-state index in [2.05, 4.69) is 21.0 Å². The number of hydrogen-bond donors (Lipinski definition) is 0. The molecule has 2 nitrogen and oxygen atoms in total. The highest BCUT2D eigenvalue weighted by Gasteiger charge is 2.16. The van der Waals surface area contributed by atoms with Crippen molar-refractivity contribution in [3.8, 4) is 0 Å². The smallest absolute Gasteiger partial charge is 0.209 e. The average Bonchev–Trinajstić information content (AvgIpc) is 2.27. The molecule has 0 aromatic heterocycles. The van der Waals surface area contributed by atoms with Gasteiger partial charge in [-0.25, -0.2) is 0 Å². The first-order valence-electron chi connectivity index (χ1n) is 6.11. The molecule has 0 saturated carbocycles. The molecule has 0 saturated heterocycles. The van der Waals surface area contributed by atoms with Crippen molar-refractivity contribution in [1.82, 2.24) is 0 Å². The molecular formula is C15H22NO+. The Kier molecular flexibility index (Phi) is 5.11. The third kappa shape index (κ3) is 5.45. The van der Waals surface area contributed by atoms with Crippen LogP contribution in [-0.2, 0) is 4.79 Å². The van der Waals surface area contributed by atoms with Crippen LogP contribution in [0.4, 0.5) is 0 Å². The standard InChI is InChI=1S/C15H22NO/c1-4-12-16(2,3)13-15(17)11-10-14-8-6-5-7-9-14/h5-11H,4,12-13H2,1-3H3/q+1. The highest BCUT2D eigenvalue weighted by molar-refractivity contribution is 5.94. The number of benzene rings is 1. The van der Waals surface area contributed by atoms with Crippen molar-refractivity contribution in [3.05, 3.63) is 42.0 Å². The van der Waals surface area contributed by atoms with Crippen LogP contribution in [0.3, 0.4) is 0 Å². The van der Waals surface area contributed by atoms with Crippen LogP contribution in [0.15, 0.2) is 36.4 Å². The van der Waals surface area contributed by atoms with Crippen molar-refractivity contribution in [2.45, 2.75) is 13.3 Å². The fourth-order valence-corrected chi connectivity index (χ4v) is 1.91. The zero-order chi connectivity index (χ0) is 12.7. The van der Waals surface area contributed by atoms with Crippen molar-refractivity contribution in [3.63, 3.8) is 0 Å². The van der Waals surface area contributed by atoms with E-state index in [1.165, 1.54) is 0 Å². The summed E-state index contributed by atoms with van der Waals surface area (Å²) in [6.07, 6.45) is 4.67. The van der Waals surface area contributed by atoms with Gasteiger partial charge in [-0.15, -0.1) is 0 Å². The molecule has 0 aliphatic rings. The molecule has 1 rings (SSSR count). The molecular weight excluding hydrogens is 210 g/mol. The zero-order valence-electron chi connectivity index (χ0n) is 11.0. The Morgan fingerprint density at radius 3 is 2.47 bits per heavy atom. The number of ketones is 1. The molecule has 0 heterocycles. The number of nitrogens with zero attached hydrogens (tertiary/aromatic N) is 1. The second kappa shape index (κ2) is 6.36. The molecule has 0 fully saturated rings.